The van der Waals surface area contributed by atoms with Crippen LogP contribution in [-0.2, 0) is 0 Å². The van der Waals surface area contributed by atoms with Crippen LogP contribution in [0.2, 0.25) is 0 Å². The average molecular weight is 157 g/mol. The summed E-state index contributed by atoms with van der Waals surface area (Å²) in [6.45, 7) is 7.83. The highest BCUT2D eigenvalue weighted by Crippen LogP contribution is 2.05. The Kier molecular flexibility index (Phi) is 8.03. The number of rotatable bonds is 7. The summed E-state index contributed by atoms with van der Waals surface area (Å²) in [7, 11) is 0. The van der Waals surface area contributed by atoms with E-state index in [1.807, 2.05) is 0 Å². The van der Waals surface area contributed by atoms with Gasteiger partial charge in [0.15, 0.2) is 0 Å². The van der Waals surface area contributed by atoms with Crippen molar-refractivity contribution in [3.8, 4) is 0 Å². The van der Waals surface area contributed by atoms with Crippen LogP contribution >= 0.6 is 0 Å². The Hall–Kier alpha value is -0.0400. The van der Waals surface area contributed by atoms with Crippen LogP contribution in [0.5, 0.6) is 0 Å². The van der Waals surface area contributed by atoms with E-state index < -0.39 is 0 Å². The molecule has 0 aromatic carbocycles. The SMILES string of the molecule is CCCCC(CCC)NCC. The maximum Gasteiger partial charge on any atom is 0.00668 e. The molecule has 0 aromatic rings. The maximum absolute atomic E-state index is 3.52. The first-order valence-corrected chi connectivity index (χ1v) is 5.08. The molecular weight excluding hydrogens is 134 g/mol. The smallest absolute Gasteiger partial charge is 0.00668 e. The molecule has 1 unspecified atom stereocenters. The van der Waals surface area contributed by atoms with Crippen molar-refractivity contribution in [1.82, 2.24) is 5.32 Å². The van der Waals surface area contributed by atoms with Crippen LogP contribution in [0.15, 0.2) is 0 Å². The minimum Gasteiger partial charge on any atom is -0.314 e. The molecule has 68 valence electrons. The summed E-state index contributed by atoms with van der Waals surface area (Å²) >= 11 is 0. The molecule has 0 rings (SSSR count). The van der Waals surface area contributed by atoms with Crippen LogP contribution in [0.4, 0.5) is 0 Å². The van der Waals surface area contributed by atoms with Crippen molar-refractivity contribution in [2.75, 3.05) is 6.54 Å². The van der Waals surface area contributed by atoms with Crippen LogP contribution in [0, 0.1) is 0 Å². The Morgan fingerprint density at radius 2 is 1.73 bits per heavy atom. The number of nitrogens with one attached hydrogen (secondary N) is 1. The second kappa shape index (κ2) is 8.06. The van der Waals surface area contributed by atoms with Crippen molar-refractivity contribution in [3.05, 3.63) is 0 Å². The first-order chi connectivity index (χ1) is 5.35. The molecule has 1 N–H and O–H groups in total. The molecule has 1 atom stereocenters. The molecule has 1 nitrogen and oxygen atoms in total. The first-order valence-electron chi connectivity index (χ1n) is 5.08. The zero-order valence-electron chi connectivity index (χ0n) is 8.32. The second-order valence-electron chi connectivity index (χ2n) is 3.19. The molecule has 0 radical (unpaired) electrons. The lowest BCUT2D eigenvalue weighted by Gasteiger charge is -2.15. The third-order valence-electron chi connectivity index (χ3n) is 2.04. The van der Waals surface area contributed by atoms with Crippen LogP contribution in [0.3, 0.4) is 0 Å². The van der Waals surface area contributed by atoms with Gasteiger partial charge in [-0.1, -0.05) is 40.0 Å². The normalized spacial score (nSPS) is 13.4. The fourth-order valence-corrected chi connectivity index (χ4v) is 1.44. The van der Waals surface area contributed by atoms with Gasteiger partial charge in [-0.15, -0.1) is 0 Å². The fraction of sp³-hybridized carbons (Fsp3) is 1.00. The monoisotopic (exact) mass is 157 g/mol. The van der Waals surface area contributed by atoms with Gasteiger partial charge >= 0.3 is 0 Å². The topological polar surface area (TPSA) is 12.0 Å². The Balaban J connectivity index is 3.34. The van der Waals surface area contributed by atoms with Gasteiger partial charge in [0.2, 0.25) is 0 Å². The number of hydrogen-bond acceptors (Lipinski definition) is 1. The second-order valence-corrected chi connectivity index (χ2v) is 3.19. The quantitative estimate of drug-likeness (QED) is 0.599. The highest BCUT2D eigenvalue weighted by atomic mass is 14.9. The van der Waals surface area contributed by atoms with Crippen LogP contribution in [-0.4, -0.2) is 12.6 Å². The molecular formula is C10H23N. The van der Waals surface area contributed by atoms with Gasteiger partial charge in [-0.3, -0.25) is 0 Å². The summed E-state index contributed by atoms with van der Waals surface area (Å²) in [5.74, 6) is 0. The van der Waals surface area contributed by atoms with Crippen molar-refractivity contribution < 1.29 is 0 Å². The minimum absolute atomic E-state index is 0.782. The lowest BCUT2D eigenvalue weighted by Crippen LogP contribution is -2.28. The minimum atomic E-state index is 0.782. The Labute approximate surface area is 71.6 Å². The summed E-state index contributed by atoms with van der Waals surface area (Å²) in [5, 5.41) is 3.52. The lowest BCUT2D eigenvalue weighted by atomic mass is 10.1. The summed E-state index contributed by atoms with van der Waals surface area (Å²) < 4.78 is 0. The summed E-state index contributed by atoms with van der Waals surface area (Å²) in [4.78, 5) is 0. The lowest BCUT2D eigenvalue weighted by molar-refractivity contribution is 0.445. The summed E-state index contributed by atoms with van der Waals surface area (Å²) in [5.41, 5.74) is 0. The van der Waals surface area contributed by atoms with Gasteiger partial charge in [0.25, 0.3) is 0 Å². The van der Waals surface area contributed by atoms with Gasteiger partial charge in [0.05, 0.1) is 0 Å². The molecule has 1 heteroatoms. The van der Waals surface area contributed by atoms with E-state index in [0.717, 1.165) is 12.6 Å². The van der Waals surface area contributed by atoms with Crippen LogP contribution < -0.4 is 5.32 Å². The zero-order chi connectivity index (χ0) is 8.53. The zero-order valence-corrected chi connectivity index (χ0v) is 8.32. The van der Waals surface area contributed by atoms with Crippen LogP contribution in [0.25, 0.3) is 0 Å². The van der Waals surface area contributed by atoms with E-state index in [2.05, 4.69) is 26.1 Å². The van der Waals surface area contributed by atoms with E-state index >= 15 is 0 Å². The molecule has 0 amide bonds. The molecule has 0 aromatic heterocycles. The van der Waals surface area contributed by atoms with E-state index in [0.29, 0.717) is 0 Å². The maximum atomic E-state index is 3.52. The molecule has 0 aliphatic rings. The van der Waals surface area contributed by atoms with Crippen molar-refractivity contribution in [2.24, 2.45) is 0 Å². The highest BCUT2D eigenvalue weighted by Gasteiger charge is 2.03. The van der Waals surface area contributed by atoms with E-state index in [1.54, 1.807) is 0 Å². The molecule has 0 aliphatic carbocycles. The predicted octanol–water partition coefficient (Wildman–Crippen LogP) is 2.95. The standard InChI is InChI=1S/C10H23N/c1-4-7-9-10(8-5-2)11-6-3/h10-11H,4-9H2,1-3H3. The van der Waals surface area contributed by atoms with Crippen molar-refractivity contribution >= 4 is 0 Å². The Bertz CT molecular complexity index is 65.3. The van der Waals surface area contributed by atoms with Crippen molar-refractivity contribution in [2.45, 2.75) is 58.9 Å². The van der Waals surface area contributed by atoms with Gasteiger partial charge in [-0.2, -0.15) is 0 Å². The van der Waals surface area contributed by atoms with Gasteiger partial charge in [-0.05, 0) is 19.4 Å². The van der Waals surface area contributed by atoms with Gasteiger partial charge in [-0.25, -0.2) is 0 Å². The number of unbranched alkanes of at least 4 members (excludes halogenated alkanes) is 1. The molecule has 0 heterocycles. The molecule has 0 saturated carbocycles. The highest BCUT2D eigenvalue weighted by molar-refractivity contribution is 4.64. The third kappa shape index (κ3) is 6.36. The van der Waals surface area contributed by atoms with Crippen molar-refractivity contribution in [3.63, 3.8) is 0 Å². The Morgan fingerprint density at radius 3 is 2.18 bits per heavy atom. The summed E-state index contributed by atoms with van der Waals surface area (Å²) in [6.07, 6.45) is 6.71. The molecule has 0 aliphatic heterocycles. The predicted molar refractivity (Wildman–Crippen MR) is 51.9 cm³/mol. The molecule has 0 spiro atoms. The average Bonchev–Trinajstić information content (AvgIpc) is 2.01. The van der Waals surface area contributed by atoms with Gasteiger partial charge in [0, 0.05) is 6.04 Å². The fourth-order valence-electron chi connectivity index (χ4n) is 1.44. The van der Waals surface area contributed by atoms with Gasteiger partial charge in [0.1, 0.15) is 0 Å². The molecule has 0 bridgehead atoms. The molecule has 11 heavy (non-hydrogen) atoms. The van der Waals surface area contributed by atoms with E-state index in [9.17, 15) is 0 Å². The Morgan fingerprint density at radius 1 is 1.00 bits per heavy atom. The van der Waals surface area contributed by atoms with E-state index in [1.165, 1.54) is 32.1 Å². The van der Waals surface area contributed by atoms with Crippen molar-refractivity contribution in [1.29, 1.82) is 0 Å². The molecule has 0 fully saturated rings. The van der Waals surface area contributed by atoms with E-state index in [4.69, 9.17) is 0 Å². The summed E-state index contributed by atoms with van der Waals surface area (Å²) in [6, 6.07) is 0.782. The third-order valence-corrected chi connectivity index (χ3v) is 2.04. The largest absolute Gasteiger partial charge is 0.314 e. The van der Waals surface area contributed by atoms with E-state index in [-0.39, 0.29) is 0 Å². The van der Waals surface area contributed by atoms with Crippen LogP contribution in [0.1, 0.15) is 52.9 Å². The van der Waals surface area contributed by atoms with Gasteiger partial charge < -0.3 is 5.32 Å². The molecule has 0 saturated heterocycles. The number of hydrogen-bond donors (Lipinski definition) is 1. The first kappa shape index (κ1) is 11.0.